The second-order valence-electron chi connectivity index (χ2n) is 11.6. The average molecular weight is 617 g/mol. The zero-order valence-electron chi connectivity index (χ0n) is 26.9. The van der Waals surface area contributed by atoms with Gasteiger partial charge in [-0.2, -0.15) is 0 Å². The number of unbranched alkanes of at least 4 members (excludes halogenated alkanes) is 2. The maximum Gasteiger partial charge on any atom is 0.259 e. The van der Waals surface area contributed by atoms with E-state index in [4.69, 9.17) is 9.47 Å². The van der Waals surface area contributed by atoms with E-state index in [0.29, 0.717) is 41.5 Å². The van der Waals surface area contributed by atoms with Crippen LogP contribution in [0.15, 0.2) is 54.6 Å². The predicted molar refractivity (Wildman–Crippen MR) is 176 cm³/mol. The van der Waals surface area contributed by atoms with E-state index >= 15 is 0 Å². The molecule has 1 heterocycles. The molecule has 0 saturated carbocycles. The molecule has 3 amide bonds. The van der Waals surface area contributed by atoms with Crippen molar-refractivity contribution in [2.45, 2.75) is 39.5 Å². The highest BCUT2D eigenvalue weighted by molar-refractivity contribution is 6.09. The lowest BCUT2D eigenvalue weighted by Crippen LogP contribution is -2.47. The first-order chi connectivity index (χ1) is 21.6. The Morgan fingerprint density at radius 1 is 0.889 bits per heavy atom. The molecule has 0 radical (unpaired) electrons. The fourth-order valence-electron chi connectivity index (χ4n) is 5.22. The van der Waals surface area contributed by atoms with E-state index < -0.39 is 5.91 Å². The smallest absolute Gasteiger partial charge is 0.259 e. The van der Waals surface area contributed by atoms with Crippen LogP contribution in [0.4, 0.5) is 11.4 Å². The zero-order valence-corrected chi connectivity index (χ0v) is 26.9. The minimum Gasteiger partial charge on any atom is -0.507 e. The molecular formula is C35H44N4O6. The molecule has 1 aliphatic rings. The number of methoxy groups -OCH3 is 1. The number of hydrogen-bond acceptors (Lipinski definition) is 7. The van der Waals surface area contributed by atoms with Crippen LogP contribution < -0.4 is 19.7 Å². The number of likely N-dealkylation sites (N-methyl/N-ethyl adjacent to an activating group) is 1. The van der Waals surface area contributed by atoms with Crippen molar-refractivity contribution in [3.05, 3.63) is 76.9 Å². The highest BCUT2D eigenvalue weighted by atomic mass is 16.5. The maximum atomic E-state index is 13.6. The van der Waals surface area contributed by atoms with Crippen molar-refractivity contribution in [3.8, 4) is 17.2 Å². The summed E-state index contributed by atoms with van der Waals surface area (Å²) in [4.78, 5) is 44.6. The summed E-state index contributed by atoms with van der Waals surface area (Å²) in [5.74, 6) is 0.243. The van der Waals surface area contributed by atoms with Crippen molar-refractivity contribution in [1.82, 2.24) is 9.80 Å². The Bertz CT molecular complexity index is 1520. The molecule has 10 heteroatoms. The number of ether oxygens (including phenoxy) is 2. The minimum absolute atomic E-state index is 0.118. The van der Waals surface area contributed by atoms with Crippen LogP contribution in [0.1, 0.15) is 57.5 Å². The van der Waals surface area contributed by atoms with Crippen molar-refractivity contribution in [3.63, 3.8) is 0 Å². The van der Waals surface area contributed by atoms with E-state index in [9.17, 15) is 19.5 Å². The van der Waals surface area contributed by atoms with Crippen LogP contribution in [0, 0.1) is 13.8 Å². The molecule has 3 aromatic rings. The number of amides is 3. The van der Waals surface area contributed by atoms with Crippen LogP contribution in [0.2, 0.25) is 0 Å². The number of aromatic hydroxyl groups is 1. The Balaban J connectivity index is 1.35. The van der Waals surface area contributed by atoms with Gasteiger partial charge in [0.2, 0.25) is 5.91 Å². The van der Waals surface area contributed by atoms with E-state index in [1.165, 1.54) is 18.1 Å². The number of carbonyl (C=O) groups excluding carboxylic acids is 3. The lowest BCUT2D eigenvalue weighted by atomic mass is 10.1. The molecular weight excluding hydrogens is 572 g/mol. The summed E-state index contributed by atoms with van der Waals surface area (Å²) in [5, 5.41) is 12.9. The molecule has 2 N–H and O–H groups in total. The first kappa shape index (κ1) is 33.3. The lowest BCUT2D eigenvalue weighted by Gasteiger charge is -2.32. The second-order valence-corrected chi connectivity index (χ2v) is 11.6. The summed E-state index contributed by atoms with van der Waals surface area (Å²) in [7, 11) is 5.22. The van der Waals surface area contributed by atoms with Crippen LogP contribution in [0.5, 0.6) is 17.2 Å². The van der Waals surface area contributed by atoms with Crippen LogP contribution in [0.3, 0.4) is 0 Å². The van der Waals surface area contributed by atoms with Crippen molar-refractivity contribution in [2.75, 3.05) is 64.2 Å². The third-order valence-corrected chi connectivity index (χ3v) is 8.02. The van der Waals surface area contributed by atoms with Crippen LogP contribution in [0.25, 0.3) is 0 Å². The van der Waals surface area contributed by atoms with Crippen LogP contribution >= 0.6 is 0 Å². The number of rotatable bonds is 12. The van der Waals surface area contributed by atoms with Gasteiger partial charge in [-0.1, -0.05) is 12.1 Å². The highest BCUT2D eigenvalue weighted by Crippen LogP contribution is 2.32. The van der Waals surface area contributed by atoms with Crippen LogP contribution in [-0.4, -0.2) is 86.6 Å². The van der Waals surface area contributed by atoms with Crippen LogP contribution in [-0.2, 0) is 4.79 Å². The van der Waals surface area contributed by atoms with Gasteiger partial charge < -0.3 is 34.6 Å². The molecule has 0 aliphatic carbocycles. The van der Waals surface area contributed by atoms with Crippen molar-refractivity contribution in [2.24, 2.45) is 0 Å². The van der Waals surface area contributed by atoms with Gasteiger partial charge in [0.25, 0.3) is 11.8 Å². The molecule has 0 bridgehead atoms. The number of nitrogens with zero attached hydrogens (tertiary/aromatic N) is 3. The number of anilines is 2. The normalized spacial score (nSPS) is 13.3. The molecule has 10 nitrogen and oxygen atoms in total. The van der Waals surface area contributed by atoms with E-state index in [-0.39, 0.29) is 23.1 Å². The largest absolute Gasteiger partial charge is 0.507 e. The molecule has 1 fully saturated rings. The average Bonchev–Trinajstić information content (AvgIpc) is 3.02. The predicted octanol–water partition coefficient (Wildman–Crippen LogP) is 5.26. The summed E-state index contributed by atoms with van der Waals surface area (Å²) in [6, 6.07) is 15.3. The summed E-state index contributed by atoms with van der Waals surface area (Å²) in [6.45, 7) is 7.71. The van der Waals surface area contributed by atoms with E-state index in [1.54, 1.807) is 37.4 Å². The summed E-state index contributed by atoms with van der Waals surface area (Å²) in [5.41, 5.74) is 3.33. The Hall–Kier alpha value is -4.57. The highest BCUT2D eigenvalue weighted by Gasteiger charge is 2.21. The van der Waals surface area contributed by atoms with Gasteiger partial charge in [-0.15, -0.1) is 0 Å². The molecule has 3 aromatic carbocycles. The first-order valence-corrected chi connectivity index (χ1v) is 15.3. The standard InChI is InChI=1S/C35H44N4O6/c1-24-10-13-27(30(40)21-24)34(42)36-28-14-12-26(23-31(28)44-5)35(43)38(4)29-15-11-25(2)22-32(29)45-20-8-6-7-9-33(41)39-18-16-37(3)17-19-39/h10-15,21-23,40H,6-9,16-20H2,1-5H3,(H,36,42). The number of benzene rings is 3. The maximum absolute atomic E-state index is 13.6. The van der Waals surface area contributed by atoms with E-state index in [2.05, 4.69) is 17.3 Å². The summed E-state index contributed by atoms with van der Waals surface area (Å²) in [6.07, 6.45) is 3.04. The number of phenolic OH excluding ortho intramolecular Hbond substituents is 1. The lowest BCUT2D eigenvalue weighted by molar-refractivity contribution is -0.132. The number of aryl methyl sites for hydroxylation is 2. The molecule has 0 unspecified atom stereocenters. The van der Waals surface area contributed by atoms with Gasteiger partial charge in [0, 0.05) is 45.2 Å². The van der Waals surface area contributed by atoms with Crippen molar-refractivity contribution in [1.29, 1.82) is 0 Å². The van der Waals surface area contributed by atoms with Gasteiger partial charge in [0.1, 0.15) is 17.2 Å². The SMILES string of the molecule is COc1cc(C(=O)N(C)c2ccc(C)cc2OCCCCCC(=O)N2CCN(C)CC2)ccc1NC(=O)c1ccc(C)cc1O. The Morgan fingerprint density at radius 2 is 1.60 bits per heavy atom. The number of carbonyl (C=O) groups is 3. The second kappa shape index (κ2) is 15.4. The van der Waals surface area contributed by atoms with Gasteiger partial charge in [0.15, 0.2) is 0 Å². The van der Waals surface area contributed by atoms with Crippen molar-refractivity contribution < 1.29 is 29.0 Å². The Kier molecular flexibility index (Phi) is 11.4. The van der Waals surface area contributed by atoms with E-state index in [0.717, 1.165) is 56.6 Å². The molecule has 1 saturated heterocycles. The fraction of sp³-hybridized carbons (Fsp3) is 0.400. The molecule has 240 valence electrons. The Labute approximate surface area is 265 Å². The summed E-state index contributed by atoms with van der Waals surface area (Å²) < 4.78 is 11.6. The number of hydrogen-bond donors (Lipinski definition) is 2. The molecule has 4 rings (SSSR count). The topological polar surface area (TPSA) is 112 Å². The number of phenols is 1. The van der Waals surface area contributed by atoms with Gasteiger partial charge in [-0.25, -0.2) is 0 Å². The zero-order chi connectivity index (χ0) is 32.5. The van der Waals surface area contributed by atoms with Crippen molar-refractivity contribution >= 4 is 29.1 Å². The third-order valence-electron chi connectivity index (χ3n) is 8.02. The molecule has 45 heavy (non-hydrogen) atoms. The Morgan fingerprint density at radius 3 is 2.31 bits per heavy atom. The third kappa shape index (κ3) is 8.76. The minimum atomic E-state index is -0.495. The monoisotopic (exact) mass is 616 g/mol. The first-order valence-electron chi connectivity index (χ1n) is 15.3. The molecule has 1 aliphatic heterocycles. The fourth-order valence-corrected chi connectivity index (χ4v) is 5.22. The van der Waals surface area contributed by atoms with Gasteiger partial charge in [-0.05, 0) is 93.7 Å². The molecule has 0 atom stereocenters. The quantitative estimate of drug-likeness (QED) is 0.267. The summed E-state index contributed by atoms with van der Waals surface area (Å²) >= 11 is 0. The van der Waals surface area contributed by atoms with E-state index in [1.807, 2.05) is 36.9 Å². The van der Waals surface area contributed by atoms with Gasteiger partial charge >= 0.3 is 0 Å². The van der Waals surface area contributed by atoms with Gasteiger partial charge in [-0.3, -0.25) is 14.4 Å². The molecule has 0 spiro atoms. The number of nitrogens with one attached hydrogen (secondary N) is 1. The number of piperazine rings is 1. The molecule has 0 aromatic heterocycles. The van der Waals surface area contributed by atoms with Gasteiger partial charge in [0.05, 0.1) is 30.7 Å².